The van der Waals surface area contributed by atoms with E-state index in [0.717, 1.165) is 56.6 Å². The Morgan fingerprint density at radius 2 is 1.91 bits per heavy atom. The molecule has 1 aliphatic carbocycles. The Morgan fingerprint density at radius 1 is 1.12 bits per heavy atom. The smallest absolute Gasteiger partial charge is 0.217 e. The average Bonchev–Trinajstić information content (AvgIpc) is 3.30. The largest absolute Gasteiger partial charge is 0.476 e. The predicted octanol–water partition coefficient (Wildman–Crippen LogP) is 5.15. The molecule has 0 radical (unpaired) electrons. The molecular weight excluding hydrogens is 398 g/mol. The zero-order valence-corrected chi connectivity index (χ0v) is 19.7. The van der Waals surface area contributed by atoms with Crippen molar-refractivity contribution in [1.82, 2.24) is 10.3 Å². The number of pyridine rings is 1. The molecule has 3 rings (SSSR count). The summed E-state index contributed by atoms with van der Waals surface area (Å²) >= 11 is 0. The summed E-state index contributed by atoms with van der Waals surface area (Å²) in [6, 6.07) is 12.9. The van der Waals surface area contributed by atoms with Crippen LogP contribution in [0.5, 0.6) is 5.88 Å². The monoisotopic (exact) mass is 435 g/mol. The molecule has 2 aromatic rings. The maximum absolute atomic E-state index is 6.02. The lowest BCUT2D eigenvalue weighted by atomic mass is 10.2. The summed E-state index contributed by atoms with van der Waals surface area (Å²) in [6.07, 6.45) is 10.7. The van der Waals surface area contributed by atoms with Crippen LogP contribution in [0.3, 0.4) is 0 Å². The van der Waals surface area contributed by atoms with E-state index in [1.165, 1.54) is 5.56 Å². The maximum Gasteiger partial charge on any atom is 0.217 e. The Kier molecular flexibility index (Phi) is 9.57. The molecule has 0 aliphatic heterocycles. The van der Waals surface area contributed by atoms with Gasteiger partial charge in [0.2, 0.25) is 5.88 Å². The first-order chi connectivity index (χ1) is 15.7. The van der Waals surface area contributed by atoms with Gasteiger partial charge in [0.1, 0.15) is 6.61 Å². The molecule has 1 aliphatic rings. The summed E-state index contributed by atoms with van der Waals surface area (Å²) in [5.41, 5.74) is 6.47. The number of nitrogens with one attached hydrogen (secondary N) is 2. The first-order valence-electron chi connectivity index (χ1n) is 11.8. The highest BCUT2D eigenvalue weighted by Gasteiger charge is 2.11. The SMILES string of the molecule is CCCN(CCC)c1cc(N/N=C/c2cccc(C)c2)nc(OCCNC2CC=CC2)c1. The Hall–Kier alpha value is -2.86. The summed E-state index contributed by atoms with van der Waals surface area (Å²) in [5.74, 6) is 1.31. The van der Waals surface area contributed by atoms with Gasteiger partial charge in [-0.3, -0.25) is 5.43 Å². The van der Waals surface area contributed by atoms with Crippen LogP contribution in [0.15, 0.2) is 53.7 Å². The van der Waals surface area contributed by atoms with Crippen LogP contribution in [0.4, 0.5) is 11.5 Å². The van der Waals surface area contributed by atoms with Crippen molar-refractivity contribution < 1.29 is 4.74 Å². The molecule has 0 amide bonds. The lowest BCUT2D eigenvalue weighted by Gasteiger charge is -2.24. The number of hydrogen-bond acceptors (Lipinski definition) is 6. The Morgan fingerprint density at radius 3 is 2.62 bits per heavy atom. The number of nitrogens with zero attached hydrogens (tertiary/aromatic N) is 3. The molecule has 0 spiro atoms. The molecule has 0 unspecified atom stereocenters. The fourth-order valence-electron chi connectivity index (χ4n) is 3.84. The highest BCUT2D eigenvalue weighted by Crippen LogP contribution is 2.24. The number of hydrazone groups is 1. The Bertz CT molecular complexity index is 882. The molecule has 1 aromatic heterocycles. The van der Waals surface area contributed by atoms with Crippen LogP contribution in [0.25, 0.3) is 0 Å². The second-order valence-corrected chi connectivity index (χ2v) is 8.26. The van der Waals surface area contributed by atoms with Crippen LogP contribution >= 0.6 is 0 Å². The van der Waals surface area contributed by atoms with Crippen LogP contribution in [0, 0.1) is 6.92 Å². The summed E-state index contributed by atoms with van der Waals surface area (Å²) in [6.45, 7) is 9.87. The molecule has 0 fully saturated rings. The number of hydrogen-bond donors (Lipinski definition) is 2. The zero-order valence-electron chi connectivity index (χ0n) is 19.7. The van der Waals surface area contributed by atoms with Gasteiger partial charge in [-0.15, -0.1) is 0 Å². The third-order valence-electron chi connectivity index (χ3n) is 5.37. The molecule has 6 nitrogen and oxygen atoms in total. The van der Waals surface area contributed by atoms with Crippen molar-refractivity contribution in [1.29, 1.82) is 0 Å². The zero-order chi connectivity index (χ0) is 22.6. The molecule has 0 atom stereocenters. The first kappa shape index (κ1) is 23.8. The second kappa shape index (κ2) is 12.9. The fraction of sp³-hybridized carbons (Fsp3) is 0.462. The predicted molar refractivity (Wildman–Crippen MR) is 135 cm³/mol. The van der Waals surface area contributed by atoms with Gasteiger partial charge in [-0.2, -0.15) is 10.1 Å². The number of aromatic nitrogens is 1. The van der Waals surface area contributed by atoms with Crippen LogP contribution in [0.1, 0.15) is 50.7 Å². The molecular formula is C26H37N5O. The molecule has 1 aromatic carbocycles. The number of aryl methyl sites for hydroxylation is 1. The van der Waals surface area contributed by atoms with Crippen molar-refractivity contribution in [2.45, 2.75) is 52.5 Å². The number of ether oxygens (including phenoxy) is 1. The fourth-order valence-corrected chi connectivity index (χ4v) is 3.84. The number of benzene rings is 1. The molecule has 0 bridgehead atoms. The highest BCUT2D eigenvalue weighted by molar-refractivity contribution is 5.80. The molecule has 0 saturated carbocycles. The second-order valence-electron chi connectivity index (χ2n) is 8.26. The van der Waals surface area contributed by atoms with Crippen molar-refractivity contribution >= 4 is 17.7 Å². The van der Waals surface area contributed by atoms with Gasteiger partial charge in [-0.25, -0.2) is 0 Å². The van der Waals surface area contributed by atoms with Gasteiger partial charge in [0.25, 0.3) is 0 Å². The first-order valence-corrected chi connectivity index (χ1v) is 11.8. The minimum absolute atomic E-state index is 0.538. The molecule has 172 valence electrons. The number of anilines is 2. The quantitative estimate of drug-likeness (QED) is 0.197. The highest BCUT2D eigenvalue weighted by atomic mass is 16.5. The summed E-state index contributed by atoms with van der Waals surface area (Å²) in [5, 5.41) is 7.94. The third kappa shape index (κ3) is 7.68. The van der Waals surface area contributed by atoms with E-state index >= 15 is 0 Å². The molecule has 6 heteroatoms. The lowest BCUT2D eigenvalue weighted by molar-refractivity contribution is 0.296. The molecule has 2 N–H and O–H groups in total. The van der Waals surface area contributed by atoms with E-state index in [9.17, 15) is 0 Å². The summed E-state index contributed by atoms with van der Waals surface area (Å²) in [7, 11) is 0. The normalized spacial score (nSPS) is 13.7. The van der Waals surface area contributed by atoms with Crippen LogP contribution in [0.2, 0.25) is 0 Å². The van der Waals surface area contributed by atoms with Crippen LogP contribution in [-0.4, -0.2) is 43.5 Å². The van der Waals surface area contributed by atoms with Crippen LogP contribution < -0.4 is 20.4 Å². The van der Waals surface area contributed by atoms with E-state index in [-0.39, 0.29) is 0 Å². The van der Waals surface area contributed by atoms with E-state index in [4.69, 9.17) is 4.74 Å². The van der Waals surface area contributed by atoms with Gasteiger partial charge < -0.3 is 15.0 Å². The van der Waals surface area contributed by atoms with E-state index < -0.39 is 0 Å². The molecule has 0 saturated heterocycles. The summed E-state index contributed by atoms with van der Waals surface area (Å²) < 4.78 is 6.02. The van der Waals surface area contributed by atoms with E-state index in [0.29, 0.717) is 24.3 Å². The van der Waals surface area contributed by atoms with Crippen molar-refractivity contribution in [3.63, 3.8) is 0 Å². The van der Waals surface area contributed by atoms with Crippen molar-refractivity contribution in [3.8, 4) is 5.88 Å². The Balaban J connectivity index is 1.68. The minimum atomic E-state index is 0.538. The Labute approximate surface area is 192 Å². The van der Waals surface area contributed by atoms with Gasteiger partial charge in [0, 0.05) is 43.5 Å². The average molecular weight is 436 g/mol. The summed E-state index contributed by atoms with van der Waals surface area (Å²) in [4.78, 5) is 7.02. The maximum atomic E-state index is 6.02. The van der Waals surface area contributed by atoms with Gasteiger partial charge in [0.15, 0.2) is 5.82 Å². The van der Waals surface area contributed by atoms with Gasteiger partial charge in [0.05, 0.1) is 6.21 Å². The third-order valence-corrected chi connectivity index (χ3v) is 5.37. The van der Waals surface area contributed by atoms with E-state index in [1.54, 1.807) is 0 Å². The standard InChI is InChI=1S/C26H37N5O/c1-4-14-31(15-5-2)24-18-25(30-28-20-22-10-8-9-21(3)17-22)29-26(19-24)32-16-13-27-23-11-6-7-12-23/h6-10,17-20,23,27H,4-5,11-16H2,1-3H3,(H,29,30)/b28-20+. The molecule has 1 heterocycles. The molecule has 32 heavy (non-hydrogen) atoms. The van der Waals surface area contributed by atoms with Crippen molar-refractivity contribution in [3.05, 3.63) is 59.7 Å². The van der Waals surface area contributed by atoms with Gasteiger partial charge >= 0.3 is 0 Å². The number of rotatable bonds is 13. The van der Waals surface area contributed by atoms with Gasteiger partial charge in [-0.1, -0.05) is 55.8 Å². The van der Waals surface area contributed by atoms with Crippen LogP contribution in [-0.2, 0) is 0 Å². The van der Waals surface area contributed by atoms with Crippen molar-refractivity contribution in [2.75, 3.05) is 36.6 Å². The lowest BCUT2D eigenvalue weighted by Crippen LogP contribution is -2.30. The topological polar surface area (TPSA) is 61.8 Å². The van der Waals surface area contributed by atoms with E-state index in [2.05, 4.69) is 70.8 Å². The van der Waals surface area contributed by atoms with Crippen molar-refractivity contribution in [2.24, 2.45) is 5.10 Å². The van der Waals surface area contributed by atoms with Gasteiger partial charge in [-0.05, 0) is 38.2 Å². The minimum Gasteiger partial charge on any atom is -0.476 e. The van der Waals surface area contributed by atoms with E-state index in [1.807, 2.05) is 30.5 Å².